The summed E-state index contributed by atoms with van der Waals surface area (Å²) in [6.07, 6.45) is 0. The molecule has 1 unspecified atom stereocenters. The molecule has 26 heavy (non-hydrogen) atoms. The highest BCUT2D eigenvalue weighted by atomic mass is 35.5. The SMILES string of the molecule is COc1ccc(CN(C)C(C)C(=O)Nc2cccc(Cl)c2Cl)cc1OC. The fourth-order valence-corrected chi connectivity index (χ4v) is 2.79. The van der Waals surface area contributed by atoms with Crippen LogP contribution in [-0.2, 0) is 11.3 Å². The van der Waals surface area contributed by atoms with Gasteiger partial charge in [0.25, 0.3) is 0 Å². The van der Waals surface area contributed by atoms with Gasteiger partial charge in [-0.3, -0.25) is 9.69 Å². The molecule has 1 amide bonds. The van der Waals surface area contributed by atoms with E-state index in [9.17, 15) is 4.79 Å². The molecule has 7 heteroatoms. The van der Waals surface area contributed by atoms with Gasteiger partial charge >= 0.3 is 0 Å². The monoisotopic (exact) mass is 396 g/mol. The van der Waals surface area contributed by atoms with Gasteiger partial charge in [0.2, 0.25) is 5.91 Å². The van der Waals surface area contributed by atoms with Crippen molar-refractivity contribution in [3.05, 3.63) is 52.0 Å². The average Bonchev–Trinajstić information content (AvgIpc) is 2.64. The number of amides is 1. The van der Waals surface area contributed by atoms with Gasteiger partial charge in [-0.05, 0) is 43.8 Å². The first-order valence-corrected chi connectivity index (χ1v) is 8.79. The quantitative estimate of drug-likeness (QED) is 0.749. The molecule has 5 nitrogen and oxygen atoms in total. The smallest absolute Gasteiger partial charge is 0.241 e. The second kappa shape index (κ2) is 9.12. The van der Waals surface area contributed by atoms with E-state index in [-0.39, 0.29) is 11.9 Å². The van der Waals surface area contributed by atoms with Crippen molar-refractivity contribution in [3.63, 3.8) is 0 Å². The zero-order valence-corrected chi connectivity index (χ0v) is 16.7. The molecule has 0 saturated heterocycles. The Bertz CT molecular complexity index is 783. The van der Waals surface area contributed by atoms with Gasteiger partial charge in [0, 0.05) is 6.54 Å². The fourth-order valence-electron chi connectivity index (χ4n) is 2.44. The van der Waals surface area contributed by atoms with E-state index in [4.69, 9.17) is 32.7 Å². The Morgan fingerprint density at radius 3 is 2.50 bits per heavy atom. The molecule has 0 spiro atoms. The van der Waals surface area contributed by atoms with E-state index >= 15 is 0 Å². The van der Waals surface area contributed by atoms with Crippen molar-refractivity contribution in [2.75, 3.05) is 26.6 Å². The summed E-state index contributed by atoms with van der Waals surface area (Å²) in [5.74, 6) is 1.15. The van der Waals surface area contributed by atoms with E-state index < -0.39 is 0 Å². The predicted molar refractivity (Wildman–Crippen MR) is 106 cm³/mol. The number of halogens is 2. The minimum absolute atomic E-state index is 0.169. The lowest BCUT2D eigenvalue weighted by molar-refractivity contribution is -0.120. The van der Waals surface area contributed by atoms with Crippen LogP contribution in [0.2, 0.25) is 10.0 Å². The average molecular weight is 397 g/mol. The van der Waals surface area contributed by atoms with Crippen molar-refractivity contribution in [2.24, 2.45) is 0 Å². The molecule has 0 saturated carbocycles. The number of methoxy groups -OCH3 is 2. The van der Waals surface area contributed by atoms with Crippen LogP contribution >= 0.6 is 23.2 Å². The van der Waals surface area contributed by atoms with E-state index in [2.05, 4.69) is 5.32 Å². The highest BCUT2D eigenvalue weighted by molar-refractivity contribution is 6.44. The number of ether oxygens (including phenoxy) is 2. The predicted octanol–water partition coefficient (Wildman–Crippen LogP) is 4.47. The van der Waals surface area contributed by atoms with E-state index in [0.717, 1.165) is 5.56 Å². The van der Waals surface area contributed by atoms with Crippen molar-refractivity contribution in [3.8, 4) is 11.5 Å². The van der Waals surface area contributed by atoms with Crippen LogP contribution in [-0.4, -0.2) is 38.1 Å². The Hall–Kier alpha value is -1.95. The molecule has 0 heterocycles. The summed E-state index contributed by atoms with van der Waals surface area (Å²) in [5, 5.41) is 3.55. The summed E-state index contributed by atoms with van der Waals surface area (Å²) in [7, 11) is 5.06. The van der Waals surface area contributed by atoms with Gasteiger partial charge in [0.1, 0.15) is 0 Å². The topological polar surface area (TPSA) is 50.8 Å². The van der Waals surface area contributed by atoms with Crippen molar-refractivity contribution >= 4 is 34.8 Å². The summed E-state index contributed by atoms with van der Waals surface area (Å²) >= 11 is 12.1. The first-order chi connectivity index (χ1) is 12.4. The zero-order chi connectivity index (χ0) is 19.3. The maximum atomic E-state index is 12.5. The standard InChI is InChI=1S/C19H22Cl2N2O3/c1-12(19(24)22-15-7-5-6-14(20)18(15)21)23(2)11-13-8-9-16(25-3)17(10-13)26-4/h5-10,12H,11H2,1-4H3,(H,22,24). The molecule has 1 N–H and O–H groups in total. The van der Waals surface area contributed by atoms with Gasteiger partial charge in [-0.15, -0.1) is 0 Å². The molecule has 140 valence electrons. The third-order valence-electron chi connectivity index (χ3n) is 4.13. The third kappa shape index (κ3) is 4.81. The molecule has 1 atom stereocenters. The molecular weight excluding hydrogens is 375 g/mol. The van der Waals surface area contributed by atoms with Gasteiger partial charge in [0.05, 0.1) is 36.0 Å². The normalized spacial score (nSPS) is 12.0. The molecule has 0 aliphatic carbocycles. The molecular formula is C19H22Cl2N2O3. The number of anilines is 1. The maximum Gasteiger partial charge on any atom is 0.241 e. The minimum atomic E-state index is -0.377. The molecule has 0 aromatic heterocycles. The number of hydrogen-bond acceptors (Lipinski definition) is 4. The largest absolute Gasteiger partial charge is 0.493 e. The third-order valence-corrected chi connectivity index (χ3v) is 4.95. The van der Waals surface area contributed by atoms with Gasteiger partial charge in [0.15, 0.2) is 11.5 Å². The minimum Gasteiger partial charge on any atom is -0.493 e. The van der Waals surface area contributed by atoms with Gasteiger partial charge < -0.3 is 14.8 Å². The fraction of sp³-hybridized carbons (Fsp3) is 0.316. The molecule has 2 rings (SSSR count). The number of nitrogens with one attached hydrogen (secondary N) is 1. The first kappa shape index (κ1) is 20.4. The second-order valence-electron chi connectivity index (χ2n) is 5.87. The Balaban J connectivity index is 2.05. The number of likely N-dealkylation sites (N-methyl/N-ethyl adjacent to an activating group) is 1. The van der Waals surface area contributed by atoms with Crippen molar-refractivity contribution < 1.29 is 14.3 Å². The molecule has 0 aliphatic rings. The van der Waals surface area contributed by atoms with Crippen molar-refractivity contribution in [1.82, 2.24) is 4.90 Å². The second-order valence-corrected chi connectivity index (χ2v) is 6.66. The van der Waals surface area contributed by atoms with Crippen molar-refractivity contribution in [2.45, 2.75) is 19.5 Å². The summed E-state index contributed by atoms with van der Waals surface area (Å²) in [6, 6.07) is 10.4. The molecule has 2 aromatic rings. The maximum absolute atomic E-state index is 12.5. The Morgan fingerprint density at radius 1 is 1.15 bits per heavy atom. The lowest BCUT2D eigenvalue weighted by Gasteiger charge is -2.24. The highest BCUT2D eigenvalue weighted by Crippen LogP contribution is 2.30. The molecule has 0 bridgehead atoms. The molecule has 0 radical (unpaired) electrons. The lowest BCUT2D eigenvalue weighted by atomic mass is 10.1. The van der Waals surface area contributed by atoms with E-state index in [1.807, 2.05) is 37.1 Å². The molecule has 0 fully saturated rings. The zero-order valence-electron chi connectivity index (χ0n) is 15.2. The van der Waals surface area contributed by atoms with Gasteiger partial charge in [-0.2, -0.15) is 0 Å². The highest BCUT2D eigenvalue weighted by Gasteiger charge is 2.20. The van der Waals surface area contributed by atoms with E-state index in [1.165, 1.54) is 0 Å². The summed E-state index contributed by atoms with van der Waals surface area (Å²) in [5.41, 5.74) is 1.50. The number of hydrogen-bond donors (Lipinski definition) is 1. The number of rotatable bonds is 7. The van der Waals surface area contributed by atoms with Gasteiger partial charge in [-0.25, -0.2) is 0 Å². The van der Waals surface area contributed by atoms with Crippen molar-refractivity contribution in [1.29, 1.82) is 0 Å². The van der Waals surface area contributed by atoms with Crippen LogP contribution in [0.15, 0.2) is 36.4 Å². The number of carbonyl (C=O) groups is 1. The molecule has 0 aliphatic heterocycles. The van der Waals surface area contributed by atoms with Crippen LogP contribution in [0.5, 0.6) is 11.5 Å². The lowest BCUT2D eigenvalue weighted by Crippen LogP contribution is -2.39. The summed E-state index contributed by atoms with van der Waals surface area (Å²) in [6.45, 7) is 2.40. The van der Waals surface area contributed by atoms with Gasteiger partial charge in [-0.1, -0.05) is 35.3 Å². The van der Waals surface area contributed by atoms with Crippen LogP contribution in [0.1, 0.15) is 12.5 Å². The van der Waals surface area contributed by atoms with Crippen LogP contribution in [0.4, 0.5) is 5.69 Å². The number of carbonyl (C=O) groups excluding carboxylic acids is 1. The Kier molecular flexibility index (Phi) is 7.14. The van der Waals surface area contributed by atoms with Crippen LogP contribution in [0.25, 0.3) is 0 Å². The Labute approximate surface area is 163 Å². The van der Waals surface area contributed by atoms with Crippen LogP contribution < -0.4 is 14.8 Å². The van der Waals surface area contributed by atoms with Crippen LogP contribution in [0.3, 0.4) is 0 Å². The summed E-state index contributed by atoms with van der Waals surface area (Å²) < 4.78 is 10.6. The van der Waals surface area contributed by atoms with E-state index in [0.29, 0.717) is 33.8 Å². The number of benzene rings is 2. The van der Waals surface area contributed by atoms with Crippen LogP contribution in [0, 0.1) is 0 Å². The molecule has 2 aromatic carbocycles. The number of nitrogens with zero attached hydrogens (tertiary/aromatic N) is 1. The van der Waals surface area contributed by atoms with E-state index in [1.54, 1.807) is 32.4 Å². The first-order valence-electron chi connectivity index (χ1n) is 8.03. The summed E-state index contributed by atoms with van der Waals surface area (Å²) in [4.78, 5) is 14.5. The Morgan fingerprint density at radius 2 is 1.85 bits per heavy atom.